The highest BCUT2D eigenvalue weighted by Gasteiger charge is 2.21. The summed E-state index contributed by atoms with van der Waals surface area (Å²) in [5, 5.41) is 4.25. The number of hydrazone groups is 1. The van der Waals surface area contributed by atoms with E-state index >= 15 is 0 Å². The lowest BCUT2D eigenvalue weighted by atomic mass is 10.1. The third-order valence-electron chi connectivity index (χ3n) is 3.68. The van der Waals surface area contributed by atoms with E-state index in [1.54, 1.807) is 6.21 Å². The first-order valence-corrected chi connectivity index (χ1v) is 8.13. The van der Waals surface area contributed by atoms with Crippen molar-refractivity contribution in [2.24, 2.45) is 5.10 Å². The molecule has 6 nitrogen and oxygen atoms in total. The molecule has 0 bridgehead atoms. The maximum Gasteiger partial charge on any atom is 0.243 e. The molecule has 24 heavy (non-hydrogen) atoms. The van der Waals surface area contributed by atoms with Gasteiger partial charge in [0.15, 0.2) is 0 Å². The van der Waals surface area contributed by atoms with Gasteiger partial charge < -0.3 is 9.47 Å². The van der Waals surface area contributed by atoms with Crippen molar-refractivity contribution in [1.82, 2.24) is 9.97 Å². The molecule has 2 aromatic rings. The Morgan fingerprint density at radius 2 is 2.04 bits per heavy atom. The Hall–Kier alpha value is -2.63. The van der Waals surface area contributed by atoms with Gasteiger partial charge in [0.05, 0.1) is 12.8 Å². The molecule has 0 amide bonds. The van der Waals surface area contributed by atoms with Gasteiger partial charge in [0, 0.05) is 28.9 Å². The van der Waals surface area contributed by atoms with Crippen LogP contribution in [0.15, 0.2) is 23.3 Å². The predicted molar refractivity (Wildman–Crippen MR) is 94.1 cm³/mol. The second-order valence-electron chi connectivity index (χ2n) is 5.91. The van der Waals surface area contributed by atoms with E-state index < -0.39 is 0 Å². The zero-order chi connectivity index (χ0) is 17.1. The van der Waals surface area contributed by atoms with E-state index in [9.17, 15) is 0 Å². The van der Waals surface area contributed by atoms with Crippen LogP contribution in [0.2, 0.25) is 0 Å². The average Bonchev–Trinajstić information content (AvgIpc) is 2.85. The first-order chi connectivity index (χ1) is 11.5. The number of nitrogens with one attached hydrogen (secondary N) is 1. The highest BCUT2D eigenvalue weighted by atomic mass is 16.5. The van der Waals surface area contributed by atoms with E-state index in [-0.39, 0.29) is 6.10 Å². The summed E-state index contributed by atoms with van der Waals surface area (Å²) in [5.74, 6) is 2.18. The highest BCUT2D eigenvalue weighted by Crippen LogP contribution is 2.34. The van der Waals surface area contributed by atoms with E-state index in [0.29, 0.717) is 12.6 Å². The fraction of sp³-hybridized carbons (Fsp3) is 0.389. The van der Waals surface area contributed by atoms with Gasteiger partial charge in [-0.2, -0.15) is 5.10 Å². The van der Waals surface area contributed by atoms with Gasteiger partial charge in [-0.05, 0) is 45.9 Å². The largest absolute Gasteiger partial charge is 0.493 e. The standard InChI is InChI=1S/C18H22N4O2/c1-5-23-16-8-14-7-13(4)24-17(14)9-15(16)10-19-22-18-20-11(2)6-12(3)21-18/h6,8-10,13H,5,7H2,1-4H3,(H,20,21,22)/b19-10-/t13-/m1/s1. The Morgan fingerprint density at radius 1 is 1.29 bits per heavy atom. The minimum absolute atomic E-state index is 0.198. The number of rotatable bonds is 5. The normalized spacial score (nSPS) is 16.1. The summed E-state index contributed by atoms with van der Waals surface area (Å²) in [6.45, 7) is 8.48. The lowest BCUT2D eigenvalue weighted by Gasteiger charge is -2.09. The van der Waals surface area contributed by atoms with E-state index in [1.165, 1.54) is 5.56 Å². The molecule has 1 aromatic heterocycles. The molecule has 2 heterocycles. The predicted octanol–water partition coefficient (Wildman–Crippen LogP) is 3.26. The van der Waals surface area contributed by atoms with Gasteiger partial charge in [-0.3, -0.25) is 0 Å². The minimum Gasteiger partial charge on any atom is -0.493 e. The second kappa shape index (κ2) is 6.86. The molecule has 0 aliphatic carbocycles. The van der Waals surface area contributed by atoms with Crippen molar-refractivity contribution in [3.05, 3.63) is 40.7 Å². The monoisotopic (exact) mass is 326 g/mol. The number of hydrogen-bond acceptors (Lipinski definition) is 6. The molecule has 0 unspecified atom stereocenters. The molecule has 0 saturated heterocycles. The fourth-order valence-corrected chi connectivity index (χ4v) is 2.77. The van der Waals surface area contributed by atoms with Gasteiger partial charge >= 0.3 is 0 Å². The lowest BCUT2D eigenvalue weighted by Crippen LogP contribution is -2.05. The van der Waals surface area contributed by atoms with Crippen LogP contribution in [0.3, 0.4) is 0 Å². The molecule has 1 aliphatic rings. The number of nitrogens with zero attached hydrogens (tertiary/aromatic N) is 3. The number of ether oxygens (including phenoxy) is 2. The van der Waals surface area contributed by atoms with E-state index in [1.807, 2.05) is 39.0 Å². The Bertz CT molecular complexity index is 754. The Balaban J connectivity index is 1.82. The number of benzene rings is 1. The van der Waals surface area contributed by atoms with Crippen molar-refractivity contribution in [2.45, 2.75) is 40.2 Å². The molecule has 1 N–H and O–H groups in total. The third-order valence-corrected chi connectivity index (χ3v) is 3.68. The molecule has 1 aromatic carbocycles. The van der Waals surface area contributed by atoms with Gasteiger partial charge in [-0.25, -0.2) is 15.4 Å². The Morgan fingerprint density at radius 3 is 2.75 bits per heavy atom. The first kappa shape index (κ1) is 16.2. The van der Waals surface area contributed by atoms with Gasteiger partial charge in [0.2, 0.25) is 5.95 Å². The van der Waals surface area contributed by atoms with Crippen molar-refractivity contribution < 1.29 is 9.47 Å². The molecular weight excluding hydrogens is 304 g/mol. The van der Waals surface area contributed by atoms with Crippen molar-refractivity contribution in [3.63, 3.8) is 0 Å². The van der Waals surface area contributed by atoms with E-state index in [0.717, 1.165) is 34.9 Å². The molecule has 0 spiro atoms. The van der Waals surface area contributed by atoms with E-state index in [2.05, 4.69) is 27.4 Å². The zero-order valence-electron chi connectivity index (χ0n) is 14.5. The first-order valence-electron chi connectivity index (χ1n) is 8.13. The number of fused-ring (bicyclic) bond motifs is 1. The zero-order valence-corrected chi connectivity index (χ0v) is 14.5. The maximum atomic E-state index is 5.81. The lowest BCUT2D eigenvalue weighted by molar-refractivity contribution is 0.254. The van der Waals surface area contributed by atoms with Crippen LogP contribution in [0, 0.1) is 13.8 Å². The molecule has 126 valence electrons. The summed E-state index contributed by atoms with van der Waals surface area (Å²) in [6, 6.07) is 5.93. The molecular formula is C18H22N4O2. The van der Waals surface area contributed by atoms with Crippen LogP contribution in [0.25, 0.3) is 0 Å². The molecule has 0 radical (unpaired) electrons. The topological polar surface area (TPSA) is 68.6 Å². The van der Waals surface area contributed by atoms with Crippen molar-refractivity contribution in [3.8, 4) is 11.5 Å². The van der Waals surface area contributed by atoms with Gasteiger partial charge in [-0.1, -0.05) is 0 Å². The van der Waals surface area contributed by atoms with Crippen molar-refractivity contribution in [1.29, 1.82) is 0 Å². The molecule has 1 aliphatic heterocycles. The van der Waals surface area contributed by atoms with Crippen molar-refractivity contribution >= 4 is 12.2 Å². The SMILES string of the molecule is CCOc1cc2c(cc1/C=N\Nc1nc(C)cc(C)n1)O[C@H](C)C2. The van der Waals surface area contributed by atoms with Gasteiger partial charge in [-0.15, -0.1) is 0 Å². The summed E-state index contributed by atoms with van der Waals surface area (Å²) in [6.07, 6.45) is 2.81. The van der Waals surface area contributed by atoms with Gasteiger partial charge in [0.1, 0.15) is 17.6 Å². The minimum atomic E-state index is 0.198. The van der Waals surface area contributed by atoms with Crippen LogP contribution in [0.1, 0.15) is 36.4 Å². The summed E-state index contributed by atoms with van der Waals surface area (Å²) in [5.41, 5.74) is 6.71. The summed E-state index contributed by atoms with van der Waals surface area (Å²) < 4.78 is 11.5. The summed E-state index contributed by atoms with van der Waals surface area (Å²) >= 11 is 0. The quantitative estimate of drug-likeness (QED) is 0.674. The van der Waals surface area contributed by atoms with Gasteiger partial charge in [0.25, 0.3) is 0 Å². The molecule has 1 atom stereocenters. The van der Waals surface area contributed by atoms with Crippen LogP contribution in [-0.2, 0) is 6.42 Å². The Kier molecular flexibility index (Phi) is 4.64. The van der Waals surface area contributed by atoms with E-state index in [4.69, 9.17) is 9.47 Å². The van der Waals surface area contributed by atoms with Crippen LogP contribution < -0.4 is 14.9 Å². The second-order valence-corrected chi connectivity index (χ2v) is 5.91. The Labute approximate surface area is 141 Å². The smallest absolute Gasteiger partial charge is 0.243 e. The number of anilines is 1. The van der Waals surface area contributed by atoms with Crippen LogP contribution in [0.4, 0.5) is 5.95 Å². The number of hydrogen-bond donors (Lipinski definition) is 1. The highest BCUT2D eigenvalue weighted by molar-refractivity contribution is 5.85. The van der Waals surface area contributed by atoms with Crippen LogP contribution >= 0.6 is 0 Å². The van der Waals surface area contributed by atoms with Crippen LogP contribution in [-0.4, -0.2) is 28.9 Å². The average molecular weight is 326 g/mol. The fourth-order valence-electron chi connectivity index (χ4n) is 2.77. The van der Waals surface area contributed by atoms with Crippen molar-refractivity contribution in [2.75, 3.05) is 12.0 Å². The molecule has 3 rings (SSSR count). The summed E-state index contributed by atoms with van der Waals surface area (Å²) in [7, 11) is 0. The number of aromatic nitrogens is 2. The van der Waals surface area contributed by atoms with Crippen LogP contribution in [0.5, 0.6) is 11.5 Å². The molecule has 0 fully saturated rings. The summed E-state index contributed by atoms with van der Waals surface area (Å²) in [4.78, 5) is 8.60. The maximum absolute atomic E-state index is 5.81. The molecule has 6 heteroatoms. The molecule has 0 saturated carbocycles. The number of aryl methyl sites for hydroxylation is 2. The third kappa shape index (κ3) is 3.64.